The molecule has 0 saturated heterocycles. The molecule has 0 bridgehead atoms. The second-order valence-corrected chi connectivity index (χ2v) is 8.75. The lowest BCUT2D eigenvalue weighted by molar-refractivity contribution is -0.134. The number of aromatic nitrogens is 3. The SMILES string of the molecule is CCC(CC)CNC(=O)Cn1cccc(NC(=O)[C@H](CC/C=C/C(=O)OC)NC(=O)c2cncn2C)c1=O. The molecule has 2 heterocycles. The van der Waals surface area contributed by atoms with Crippen molar-refractivity contribution in [1.82, 2.24) is 24.8 Å². The molecule has 0 fully saturated rings. The zero-order valence-corrected chi connectivity index (χ0v) is 22.2. The number of carbonyl (C=O) groups excluding carboxylic acids is 4. The molecule has 0 aliphatic heterocycles. The first-order chi connectivity index (χ1) is 18.2. The summed E-state index contributed by atoms with van der Waals surface area (Å²) >= 11 is 0. The third kappa shape index (κ3) is 9.02. The van der Waals surface area contributed by atoms with Crippen molar-refractivity contribution < 1.29 is 23.9 Å². The molecule has 3 amide bonds. The fourth-order valence-corrected chi connectivity index (χ4v) is 3.61. The summed E-state index contributed by atoms with van der Waals surface area (Å²) in [6.45, 7) is 4.44. The molecule has 2 aromatic rings. The average molecular weight is 529 g/mol. The lowest BCUT2D eigenvalue weighted by Gasteiger charge is -2.18. The molecule has 0 aliphatic carbocycles. The number of carbonyl (C=O) groups is 4. The molecule has 38 heavy (non-hydrogen) atoms. The first kappa shape index (κ1) is 30.0. The van der Waals surface area contributed by atoms with Gasteiger partial charge < -0.3 is 29.8 Å². The summed E-state index contributed by atoms with van der Waals surface area (Å²) in [5.74, 6) is -1.64. The number of aryl methyl sites for hydroxylation is 1. The lowest BCUT2D eigenvalue weighted by atomic mass is 10.0. The fourth-order valence-electron chi connectivity index (χ4n) is 3.61. The highest BCUT2D eigenvalue weighted by Gasteiger charge is 2.23. The quantitative estimate of drug-likeness (QED) is 0.247. The predicted molar refractivity (Wildman–Crippen MR) is 141 cm³/mol. The van der Waals surface area contributed by atoms with Crippen molar-refractivity contribution in [3.8, 4) is 0 Å². The van der Waals surface area contributed by atoms with E-state index in [-0.39, 0.29) is 36.7 Å². The standard InChI is InChI=1S/C26H36N6O6/c1-5-18(6-2)14-28-22(33)16-32-13-9-11-20(26(32)37)30-24(35)19(10-7-8-12-23(34)38-4)29-25(36)21-15-27-17-31(21)3/h8-9,11-13,15,17-19H,5-7,10,14,16H2,1-4H3,(H,28,33)(H,29,36)(H,30,35)/b12-8+/t19-/m0/s1. The minimum absolute atomic E-state index is 0.0322. The zero-order chi connectivity index (χ0) is 28.1. The van der Waals surface area contributed by atoms with Crippen molar-refractivity contribution in [2.75, 3.05) is 19.0 Å². The van der Waals surface area contributed by atoms with E-state index < -0.39 is 29.4 Å². The first-order valence-electron chi connectivity index (χ1n) is 12.5. The number of anilines is 1. The average Bonchev–Trinajstić information content (AvgIpc) is 3.34. The molecule has 0 radical (unpaired) electrons. The highest BCUT2D eigenvalue weighted by molar-refractivity contribution is 6.00. The van der Waals surface area contributed by atoms with E-state index in [0.717, 1.165) is 12.8 Å². The van der Waals surface area contributed by atoms with Gasteiger partial charge in [-0.3, -0.25) is 19.2 Å². The Morgan fingerprint density at radius 2 is 1.92 bits per heavy atom. The van der Waals surface area contributed by atoms with Gasteiger partial charge in [0.15, 0.2) is 0 Å². The topological polar surface area (TPSA) is 153 Å². The molecule has 2 aromatic heterocycles. The van der Waals surface area contributed by atoms with Gasteiger partial charge in [0.2, 0.25) is 11.8 Å². The highest BCUT2D eigenvalue weighted by atomic mass is 16.5. The van der Waals surface area contributed by atoms with Gasteiger partial charge >= 0.3 is 5.97 Å². The molecule has 0 spiro atoms. The van der Waals surface area contributed by atoms with Gasteiger partial charge in [-0.1, -0.05) is 32.8 Å². The summed E-state index contributed by atoms with van der Waals surface area (Å²) < 4.78 is 7.26. The molecular weight excluding hydrogens is 492 g/mol. The summed E-state index contributed by atoms with van der Waals surface area (Å²) in [7, 11) is 2.89. The number of ether oxygens (including phenoxy) is 1. The van der Waals surface area contributed by atoms with Crippen LogP contribution in [0.4, 0.5) is 5.69 Å². The zero-order valence-electron chi connectivity index (χ0n) is 22.2. The molecule has 206 valence electrons. The fraction of sp³-hybridized carbons (Fsp3) is 0.462. The van der Waals surface area contributed by atoms with Crippen molar-refractivity contribution in [3.63, 3.8) is 0 Å². The van der Waals surface area contributed by atoms with E-state index in [0.29, 0.717) is 12.5 Å². The summed E-state index contributed by atoms with van der Waals surface area (Å²) in [6.07, 6.45) is 9.33. The van der Waals surface area contributed by atoms with Crippen LogP contribution < -0.4 is 21.5 Å². The lowest BCUT2D eigenvalue weighted by Crippen LogP contribution is -2.45. The van der Waals surface area contributed by atoms with Crippen LogP contribution in [0.5, 0.6) is 0 Å². The van der Waals surface area contributed by atoms with Crippen LogP contribution in [-0.4, -0.2) is 57.5 Å². The molecular formula is C26H36N6O6. The van der Waals surface area contributed by atoms with Crippen molar-refractivity contribution in [1.29, 1.82) is 0 Å². The predicted octanol–water partition coefficient (Wildman–Crippen LogP) is 1.38. The Morgan fingerprint density at radius 3 is 2.55 bits per heavy atom. The van der Waals surface area contributed by atoms with Crippen molar-refractivity contribution >= 4 is 29.4 Å². The summed E-state index contributed by atoms with van der Waals surface area (Å²) in [6, 6.07) is 1.94. The van der Waals surface area contributed by atoms with E-state index in [9.17, 15) is 24.0 Å². The van der Waals surface area contributed by atoms with Crippen LogP contribution >= 0.6 is 0 Å². The van der Waals surface area contributed by atoms with Gasteiger partial charge in [-0.25, -0.2) is 9.78 Å². The maximum Gasteiger partial charge on any atom is 0.330 e. The summed E-state index contributed by atoms with van der Waals surface area (Å²) in [5, 5.41) is 8.05. The third-order valence-corrected chi connectivity index (χ3v) is 6.08. The monoisotopic (exact) mass is 528 g/mol. The number of imidazole rings is 1. The van der Waals surface area contributed by atoms with Gasteiger partial charge in [-0.2, -0.15) is 0 Å². The van der Waals surface area contributed by atoms with Crippen LogP contribution in [0.15, 0.2) is 47.8 Å². The van der Waals surface area contributed by atoms with Gasteiger partial charge in [0.1, 0.15) is 24.0 Å². The van der Waals surface area contributed by atoms with Crippen molar-refractivity contribution in [2.24, 2.45) is 13.0 Å². The number of allylic oxidation sites excluding steroid dienone is 1. The molecule has 12 nitrogen and oxygen atoms in total. The molecule has 0 aromatic carbocycles. The Bertz CT molecular complexity index is 1200. The summed E-state index contributed by atoms with van der Waals surface area (Å²) in [4.78, 5) is 66.4. The van der Waals surface area contributed by atoms with Crippen LogP contribution in [-0.2, 0) is 32.7 Å². The molecule has 3 N–H and O–H groups in total. The number of nitrogens with one attached hydrogen (secondary N) is 3. The summed E-state index contributed by atoms with van der Waals surface area (Å²) in [5.41, 5.74) is -0.342. The molecule has 0 unspecified atom stereocenters. The Morgan fingerprint density at radius 1 is 1.18 bits per heavy atom. The van der Waals surface area contributed by atoms with E-state index in [4.69, 9.17) is 0 Å². The van der Waals surface area contributed by atoms with Gasteiger partial charge in [0.05, 0.1) is 19.6 Å². The smallest absolute Gasteiger partial charge is 0.330 e. The van der Waals surface area contributed by atoms with Crippen LogP contribution in [0.1, 0.15) is 50.0 Å². The molecule has 1 atom stereocenters. The largest absolute Gasteiger partial charge is 0.466 e. The van der Waals surface area contributed by atoms with E-state index in [2.05, 4.69) is 39.5 Å². The maximum absolute atomic E-state index is 13.1. The number of nitrogens with zero attached hydrogens (tertiary/aromatic N) is 3. The van der Waals surface area contributed by atoms with Crippen molar-refractivity contribution in [2.45, 2.75) is 52.1 Å². The van der Waals surface area contributed by atoms with Crippen LogP contribution in [0.3, 0.4) is 0 Å². The van der Waals surface area contributed by atoms with E-state index in [1.165, 1.54) is 53.2 Å². The Balaban J connectivity index is 2.13. The number of hydrogen-bond donors (Lipinski definition) is 3. The van der Waals surface area contributed by atoms with E-state index >= 15 is 0 Å². The number of amides is 3. The minimum atomic E-state index is -1.03. The van der Waals surface area contributed by atoms with Crippen molar-refractivity contribution in [3.05, 3.63) is 59.1 Å². The normalized spacial score (nSPS) is 11.8. The number of methoxy groups -OCH3 is 1. The number of pyridine rings is 1. The van der Waals surface area contributed by atoms with Crippen LogP contribution in [0, 0.1) is 5.92 Å². The highest BCUT2D eigenvalue weighted by Crippen LogP contribution is 2.08. The molecule has 12 heteroatoms. The minimum Gasteiger partial charge on any atom is -0.466 e. The second-order valence-electron chi connectivity index (χ2n) is 8.75. The Labute approximate surface area is 221 Å². The number of esters is 1. The molecule has 2 rings (SSSR count). The molecule has 0 saturated carbocycles. The van der Waals surface area contributed by atoms with E-state index in [1.54, 1.807) is 13.1 Å². The Kier molecular flexibility index (Phi) is 11.9. The molecule has 0 aliphatic rings. The number of hydrogen-bond acceptors (Lipinski definition) is 7. The first-order valence-corrected chi connectivity index (χ1v) is 12.5. The van der Waals surface area contributed by atoms with Crippen LogP contribution in [0.2, 0.25) is 0 Å². The Hall–Kier alpha value is -4.22. The third-order valence-electron chi connectivity index (χ3n) is 6.08. The van der Waals surface area contributed by atoms with Gasteiger partial charge in [0.25, 0.3) is 11.5 Å². The number of rotatable bonds is 14. The second kappa shape index (κ2) is 15.1. The van der Waals surface area contributed by atoms with E-state index in [1.807, 2.05) is 0 Å². The maximum atomic E-state index is 13.1. The van der Waals surface area contributed by atoms with Gasteiger partial charge in [-0.05, 0) is 30.9 Å². The van der Waals surface area contributed by atoms with Gasteiger partial charge in [-0.15, -0.1) is 0 Å². The van der Waals surface area contributed by atoms with Crippen LogP contribution in [0.25, 0.3) is 0 Å². The van der Waals surface area contributed by atoms with Gasteiger partial charge in [0, 0.05) is 25.9 Å².